The van der Waals surface area contributed by atoms with Gasteiger partial charge in [-0.3, -0.25) is 9.59 Å². The van der Waals surface area contributed by atoms with E-state index in [1.165, 1.54) is 0 Å². The van der Waals surface area contributed by atoms with Crippen molar-refractivity contribution in [2.24, 2.45) is 0 Å². The molecule has 1 unspecified atom stereocenters. The summed E-state index contributed by atoms with van der Waals surface area (Å²) < 4.78 is 5.87. The van der Waals surface area contributed by atoms with E-state index in [-0.39, 0.29) is 18.4 Å². The molecule has 0 aliphatic heterocycles. The minimum absolute atomic E-state index is 0.138. The van der Waals surface area contributed by atoms with Crippen LogP contribution in [0, 0.1) is 13.8 Å². The van der Waals surface area contributed by atoms with E-state index in [1.54, 1.807) is 4.90 Å². The monoisotopic (exact) mass is 444 g/mol. The molecule has 2 amide bonds. The summed E-state index contributed by atoms with van der Waals surface area (Å²) in [4.78, 5) is 28.2. The maximum Gasteiger partial charge on any atom is 0.261 e. The van der Waals surface area contributed by atoms with Crippen LogP contribution >= 0.6 is 0 Å². The molecular weight excluding hydrogens is 412 g/mol. The van der Waals surface area contributed by atoms with E-state index < -0.39 is 6.04 Å². The Morgan fingerprint density at radius 1 is 0.879 bits per heavy atom. The van der Waals surface area contributed by atoms with Crippen LogP contribution in [0.4, 0.5) is 0 Å². The molecule has 5 nitrogen and oxygen atoms in total. The zero-order valence-corrected chi connectivity index (χ0v) is 19.6. The maximum atomic E-state index is 13.5. The Bertz CT molecular complexity index is 1030. The molecule has 1 atom stereocenters. The van der Waals surface area contributed by atoms with Crippen molar-refractivity contribution in [1.29, 1.82) is 0 Å². The molecule has 3 aromatic carbocycles. The van der Waals surface area contributed by atoms with Gasteiger partial charge in [0.15, 0.2) is 6.61 Å². The first kappa shape index (κ1) is 24.1. The van der Waals surface area contributed by atoms with Gasteiger partial charge in [0.05, 0.1) is 0 Å². The van der Waals surface area contributed by atoms with E-state index >= 15 is 0 Å². The summed E-state index contributed by atoms with van der Waals surface area (Å²) >= 11 is 0. The van der Waals surface area contributed by atoms with Crippen LogP contribution in [0.25, 0.3) is 0 Å². The Morgan fingerprint density at radius 3 is 2.03 bits per heavy atom. The molecule has 172 valence electrons. The maximum absolute atomic E-state index is 13.5. The highest BCUT2D eigenvalue weighted by atomic mass is 16.5. The second kappa shape index (κ2) is 11.9. The van der Waals surface area contributed by atoms with E-state index in [0.29, 0.717) is 25.3 Å². The summed E-state index contributed by atoms with van der Waals surface area (Å²) in [7, 11) is 0. The fourth-order valence-electron chi connectivity index (χ4n) is 3.87. The SMILES string of the molecule is CCNC(=O)C(Cc1ccccc1)N(Cc1ccccc1)C(=O)COc1cc(C)cc(C)c1. The number of aryl methyl sites for hydroxylation is 2. The largest absolute Gasteiger partial charge is 0.484 e. The van der Waals surface area contributed by atoms with Gasteiger partial charge in [-0.15, -0.1) is 0 Å². The third kappa shape index (κ3) is 7.21. The van der Waals surface area contributed by atoms with Gasteiger partial charge in [0.25, 0.3) is 5.91 Å². The van der Waals surface area contributed by atoms with Gasteiger partial charge >= 0.3 is 0 Å². The van der Waals surface area contributed by atoms with E-state index in [0.717, 1.165) is 22.3 Å². The molecule has 0 radical (unpaired) electrons. The summed E-state index contributed by atoms with van der Waals surface area (Å²) in [6, 6.07) is 24.7. The van der Waals surface area contributed by atoms with Gasteiger partial charge in [-0.25, -0.2) is 0 Å². The van der Waals surface area contributed by atoms with Gasteiger partial charge in [-0.05, 0) is 55.2 Å². The molecule has 0 bridgehead atoms. The molecule has 0 aliphatic carbocycles. The Hall–Kier alpha value is -3.60. The van der Waals surface area contributed by atoms with Gasteiger partial charge in [0.1, 0.15) is 11.8 Å². The second-order valence-electron chi connectivity index (χ2n) is 8.22. The summed E-state index contributed by atoms with van der Waals surface area (Å²) in [6.45, 7) is 6.55. The lowest BCUT2D eigenvalue weighted by molar-refractivity contribution is -0.142. The van der Waals surface area contributed by atoms with Crippen molar-refractivity contribution in [2.45, 2.75) is 39.8 Å². The molecule has 0 aliphatic rings. The van der Waals surface area contributed by atoms with Crippen LogP contribution in [0.5, 0.6) is 5.75 Å². The Kier molecular flexibility index (Phi) is 8.64. The highest BCUT2D eigenvalue weighted by Gasteiger charge is 2.30. The first-order valence-corrected chi connectivity index (χ1v) is 11.3. The van der Waals surface area contributed by atoms with E-state index in [2.05, 4.69) is 11.4 Å². The van der Waals surface area contributed by atoms with Crippen molar-refractivity contribution in [3.05, 3.63) is 101 Å². The van der Waals surface area contributed by atoms with Gasteiger partial charge < -0.3 is 15.0 Å². The Balaban J connectivity index is 1.87. The van der Waals surface area contributed by atoms with E-state index in [1.807, 2.05) is 93.6 Å². The Labute approximate surface area is 196 Å². The lowest BCUT2D eigenvalue weighted by Gasteiger charge is -2.31. The minimum atomic E-state index is -0.650. The highest BCUT2D eigenvalue weighted by Crippen LogP contribution is 2.18. The topological polar surface area (TPSA) is 58.6 Å². The first-order valence-electron chi connectivity index (χ1n) is 11.3. The standard InChI is InChI=1S/C28H32N2O3/c1-4-29-28(32)26(18-23-11-7-5-8-12-23)30(19-24-13-9-6-10-14-24)27(31)20-33-25-16-21(2)15-22(3)17-25/h5-17,26H,4,18-20H2,1-3H3,(H,29,32). The predicted octanol–water partition coefficient (Wildman–Crippen LogP) is 4.46. The van der Waals surface area contributed by atoms with E-state index in [9.17, 15) is 9.59 Å². The van der Waals surface area contributed by atoms with Crippen LogP contribution in [-0.2, 0) is 22.6 Å². The van der Waals surface area contributed by atoms with E-state index in [4.69, 9.17) is 4.74 Å². The second-order valence-corrected chi connectivity index (χ2v) is 8.22. The molecule has 33 heavy (non-hydrogen) atoms. The van der Waals surface area contributed by atoms with Crippen molar-refractivity contribution < 1.29 is 14.3 Å². The molecule has 3 aromatic rings. The van der Waals surface area contributed by atoms with Crippen LogP contribution < -0.4 is 10.1 Å². The fourth-order valence-corrected chi connectivity index (χ4v) is 3.87. The molecular formula is C28H32N2O3. The number of benzene rings is 3. The zero-order chi connectivity index (χ0) is 23.6. The lowest BCUT2D eigenvalue weighted by Crippen LogP contribution is -2.51. The highest BCUT2D eigenvalue weighted by molar-refractivity contribution is 5.88. The predicted molar refractivity (Wildman–Crippen MR) is 131 cm³/mol. The number of hydrogen-bond acceptors (Lipinski definition) is 3. The van der Waals surface area contributed by atoms with Crippen LogP contribution in [0.3, 0.4) is 0 Å². The van der Waals surface area contributed by atoms with Crippen molar-refractivity contribution >= 4 is 11.8 Å². The number of nitrogens with zero attached hydrogens (tertiary/aromatic N) is 1. The molecule has 0 saturated carbocycles. The van der Waals surface area contributed by atoms with Crippen molar-refractivity contribution in [3.63, 3.8) is 0 Å². The number of ether oxygens (including phenoxy) is 1. The van der Waals surface area contributed by atoms with Crippen LogP contribution in [0.1, 0.15) is 29.2 Å². The molecule has 0 spiro atoms. The third-order valence-corrected chi connectivity index (χ3v) is 5.38. The van der Waals surface area contributed by atoms with Gasteiger partial charge in [-0.2, -0.15) is 0 Å². The number of nitrogens with one attached hydrogen (secondary N) is 1. The quantitative estimate of drug-likeness (QED) is 0.502. The molecule has 3 rings (SSSR count). The lowest BCUT2D eigenvalue weighted by atomic mass is 10.0. The zero-order valence-electron chi connectivity index (χ0n) is 19.6. The van der Waals surface area contributed by atoms with Crippen LogP contribution in [-0.4, -0.2) is 35.9 Å². The molecule has 1 N–H and O–H groups in total. The van der Waals surface area contributed by atoms with Crippen LogP contribution in [0.2, 0.25) is 0 Å². The smallest absolute Gasteiger partial charge is 0.261 e. The molecule has 0 heterocycles. The third-order valence-electron chi connectivity index (χ3n) is 5.38. The summed E-state index contributed by atoms with van der Waals surface area (Å²) in [5.74, 6) is 0.250. The average Bonchev–Trinajstić information content (AvgIpc) is 2.80. The van der Waals surface area contributed by atoms with Crippen molar-refractivity contribution in [3.8, 4) is 5.75 Å². The average molecular weight is 445 g/mol. The minimum Gasteiger partial charge on any atom is -0.484 e. The van der Waals surface area contributed by atoms with Gasteiger partial charge in [0, 0.05) is 19.5 Å². The van der Waals surface area contributed by atoms with Crippen molar-refractivity contribution in [2.75, 3.05) is 13.2 Å². The number of carbonyl (C=O) groups is 2. The molecule has 0 fully saturated rings. The normalized spacial score (nSPS) is 11.5. The number of amides is 2. The molecule has 0 aromatic heterocycles. The summed E-state index contributed by atoms with van der Waals surface area (Å²) in [6.07, 6.45) is 0.425. The van der Waals surface area contributed by atoms with Gasteiger partial charge in [-0.1, -0.05) is 66.7 Å². The Morgan fingerprint density at radius 2 is 1.45 bits per heavy atom. The summed E-state index contributed by atoms with van der Waals surface area (Å²) in [5.41, 5.74) is 4.10. The van der Waals surface area contributed by atoms with Gasteiger partial charge in [0.2, 0.25) is 5.91 Å². The number of hydrogen-bond donors (Lipinski definition) is 1. The van der Waals surface area contributed by atoms with Crippen LogP contribution in [0.15, 0.2) is 78.9 Å². The first-order chi connectivity index (χ1) is 16.0. The number of carbonyl (C=O) groups excluding carboxylic acids is 2. The summed E-state index contributed by atoms with van der Waals surface area (Å²) in [5, 5.41) is 2.90. The number of likely N-dealkylation sites (N-methyl/N-ethyl adjacent to an activating group) is 1. The van der Waals surface area contributed by atoms with Crippen molar-refractivity contribution in [1.82, 2.24) is 10.2 Å². The fraction of sp³-hybridized carbons (Fsp3) is 0.286. The molecule has 5 heteroatoms. The molecule has 0 saturated heterocycles. The number of rotatable bonds is 10.